The number of aromatic nitrogens is 1. The van der Waals surface area contributed by atoms with Crippen molar-refractivity contribution in [1.29, 1.82) is 0 Å². The Balaban J connectivity index is 2.27. The highest BCUT2D eigenvalue weighted by Crippen LogP contribution is 2.09. The fourth-order valence-corrected chi connectivity index (χ4v) is 1.46. The zero-order chi connectivity index (χ0) is 8.81. The molecular weight excluding hydrogens is 190 g/mol. The van der Waals surface area contributed by atoms with Crippen molar-refractivity contribution >= 4 is 33.8 Å². The SMILES string of the molecule is CCCNC(=S)Nc1nccs1. The Bertz CT molecular complexity index is 233. The summed E-state index contributed by atoms with van der Waals surface area (Å²) in [6.07, 6.45) is 2.81. The Morgan fingerprint density at radius 2 is 2.58 bits per heavy atom. The number of anilines is 1. The summed E-state index contributed by atoms with van der Waals surface area (Å²) in [7, 11) is 0. The second kappa shape index (κ2) is 5.05. The van der Waals surface area contributed by atoms with E-state index in [0.717, 1.165) is 18.1 Å². The molecule has 1 aromatic rings. The molecule has 0 aliphatic heterocycles. The molecule has 0 saturated carbocycles. The molecule has 5 heteroatoms. The number of nitrogens with one attached hydrogen (secondary N) is 2. The van der Waals surface area contributed by atoms with Gasteiger partial charge < -0.3 is 10.6 Å². The number of rotatable bonds is 3. The molecule has 0 aromatic carbocycles. The maximum absolute atomic E-state index is 5.01. The average Bonchev–Trinajstić information content (AvgIpc) is 2.53. The van der Waals surface area contributed by atoms with Gasteiger partial charge in [0.2, 0.25) is 0 Å². The van der Waals surface area contributed by atoms with Crippen LogP contribution in [0.25, 0.3) is 0 Å². The maximum atomic E-state index is 5.01. The van der Waals surface area contributed by atoms with Crippen molar-refractivity contribution in [3.05, 3.63) is 11.6 Å². The minimum atomic E-state index is 0.645. The van der Waals surface area contributed by atoms with Gasteiger partial charge in [-0.25, -0.2) is 4.98 Å². The van der Waals surface area contributed by atoms with Crippen LogP contribution in [0.5, 0.6) is 0 Å². The predicted octanol–water partition coefficient (Wildman–Crippen LogP) is 1.84. The molecule has 3 nitrogen and oxygen atoms in total. The zero-order valence-corrected chi connectivity index (χ0v) is 8.47. The monoisotopic (exact) mass is 201 g/mol. The first-order valence-corrected chi connectivity index (χ1v) is 5.06. The van der Waals surface area contributed by atoms with E-state index in [-0.39, 0.29) is 0 Å². The normalized spacial score (nSPS) is 9.42. The van der Waals surface area contributed by atoms with Gasteiger partial charge in [-0.15, -0.1) is 11.3 Å². The molecule has 1 heterocycles. The predicted molar refractivity (Wildman–Crippen MR) is 56.6 cm³/mol. The number of hydrogen-bond acceptors (Lipinski definition) is 3. The Morgan fingerprint density at radius 3 is 3.17 bits per heavy atom. The van der Waals surface area contributed by atoms with E-state index in [2.05, 4.69) is 22.5 Å². The van der Waals surface area contributed by atoms with Crippen LogP contribution in [0.2, 0.25) is 0 Å². The van der Waals surface area contributed by atoms with Gasteiger partial charge in [0.15, 0.2) is 10.2 Å². The summed E-state index contributed by atoms with van der Waals surface area (Å²) >= 11 is 6.55. The Morgan fingerprint density at radius 1 is 1.75 bits per heavy atom. The molecule has 1 aromatic heterocycles. The largest absolute Gasteiger partial charge is 0.362 e. The van der Waals surface area contributed by atoms with Crippen LogP contribution in [0.4, 0.5) is 5.13 Å². The number of thiazole rings is 1. The molecule has 0 aliphatic rings. The topological polar surface area (TPSA) is 37.0 Å². The minimum absolute atomic E-state index is 0.645. The molecule has 1 rings (SSSR count). The van der Waals surface area contributed by atoms with E-state index < -0.39 is 0 Å². The van der Waals surface area contributed by atoms with Crippen molar-refractivity contribution in [2.75, 3.05) is 11.9 Å². The van der Waals surface area contributed by atoms with Crippen molar-refractivity contribution in [3.63, 3.8) is 0 Å². The Labute approximate surface area is 81.2 Å². The van der Waals surface area contributed by atoms with Gasteiger partial charge in [-0.1, -0.05) is 6.92 Å². The second-order valence-electron chi connectivity index (χ2n) is 2.22. The highest BCUT2D eigenvalue weighted by molar-refractivity contribution is 7.80. The van der Waals surface area contributed by atoms with Gasteiger partial charge in [0.25, 0.3) is 0 Å². The van der Waals surface area contributed by atoms with Gasteiger partial charge >= 0.3 is 0 Å². The molecule has 2 N–H and O–H groups in total. The summed E-state index contributed by atoms with van der Waals surface area (Å²) in [5.74, 6) is 0. The van der Waals surface area contributed by atoms with Gasteiger partial charge in [-0.2, -0.15) is 0 Å². The van der Waals surface area contributed by atoms with Gasteiger partial charge in [0.1, 0.15) is 0 Å². The van der Waals surface area contributed by atoms with Crippen molar-refractivity contribution in [1.82, 2.24) is 10.3 Å². The molecule has 0 amide bonds. The third-order valence-electron chi connectivity index (χ3n) is 1.19. The quantitative estimate of drug-likeness (QED) is 0.732. The van der Waals surface area contributed by atoms with E-state index in [4.69, 9.17) is 12.2 Å². The Hall–Kier alpha value is -0.680. The van der Waals surface area contributed by atoms with Crippen LogP contribution >= 0.6 is 23.6 Å². The summed E-state index contributed by atoms with van der Waals surface area (Å²) < 4.78 is 0. The van der Waals surface area contributed by atoms with Crippen LogP contribution in [-0.4, -0.2) is 16.6 Å². The van der Waals surface area contributed by atoms with E-state index >= 15 is 0 Å². The highest BCUT2D eigenvalue weighted by atomic mass is 32.1. The van der Waals surface area contributed by atoms with Crippen molar-refractivity contribution in [3.8, 4) is 0 Å². The minimum Gasteiger partial charge on any atom is -0.362 e. The van der Waals surface area contributed by atoms with Crippen molar-refractivity contribution in [2.45, 2.75) is 13.3 Å². The molecule has 12 heavy (non-hydrogen) atoms. The van der Waals surface area contributed by atoms with E-state index in [1.165, 1.54) is 11.3 Å². The van der Waals surface area contributed by atoms with Crippen LogP contribution < -0.4 is 10.6 Å². The molecule has 0 saturated heterocycles. The fourth-order valence-electron chi connectivity index (χ4n) is 0.665. The summed E-state index contributed by atoms with van der Waals surface area (Å²) in [5, 5.41) is 9.43. The molecule has 0 atom stereocenters. The highest BCUT2D eigenvalue weighted by Gasteiger charge is 1.96. The lowest BCUT2D eigenvalue weighted by atomic mass is 10.5. The van der Waals surface area contributed by atoms with Gasteiger partial charge in [-0.05, 0) is 18.6 Å². The molecule has 0 spiro atoms. The summed E-state index contributed by atoms with van der Waals surface area (Å²) in [6, 6.07) is 0. The summed E-state index contributed by atoms with van der Waals surface area (Å²) in [4.78, 5) is 4.04. The number of thiocarbonyl (C=S) groups is 1. The second-order valence-corrected chi connectivity index (χ2v) is 3.52. The van der Waals surface area contributed by atoms with Crippen LogP contribution in [0.1, 0.15) is 13.3 Å². The summed E-state index contributed by atoms with van der Waals surface area (Å²) in [6.45, 7) is 3.00. The standard InChI is InChI=1S/C7H11N3S2/c1-2-3-8-6(11)10-7-9-4-5-12-7/h4-5H,2-3H2,1H3,(H2,8,9,10,11). The van der Waals surface area contributed by atoms with Crippen LogP contribution in [-0.2, 0) is 0 Å². The molecular formula is C7H11N3S2. The molecule has 0 radical (unpaired) electrons. The first-order chi connectivity index (χ1) is 5.83. The van der Waals surface area contributed by atoms with E-state index in [1.54, 1.807) is 6.20 Å². The van der Waals surface area contributed by atoms with Crippen LogP contribution in [0.15, 0.2) is 11.6 Å². The third-order valence-corrected chi connectivity index (χ3v) is 2.12. The first-order valence-electron chi connectivity index (χ1n) is 3.77. The maximum Gasteiger partial charge on any atom is 0.188 e. The van der Waals surface area contributed by atoms with Gasteiger partial charge in [0.05, 0.1) is 0 Å². The van der Waals surface area contributed by atoms with Crippen molar-refractivity contribution in [2.24, 2.45) is 0 Å². The molecule has 66 valence electrons. The summed E-state index contributed by atoms with van der Waals surface area (Å²) in [5.41, 5.74) is 0. The number of nitrogens with zero attached hydrogens (tertiary/aromatic N) is 1. The lowest BCUT2D eigenvalue weighted by Gasteiger charge is -2.05. The molecule has 0 bridgehead atoms. The van der Waals surface area contributed by atoms with Crippen LogP contribution in [0, 0.1) is 0 Å². The molecule has 0 fully saturated rings. The Kier molecular flexibility index (Phi) is 3.96. The zero-order valence-electron chi connectivity index (χ0n) is 6.83. The van der Waals surface area contributed by atoms with E-state index in [0.29, 0.717) is 5.11 Å². The van der Waals surface area contributed by atoms with E-state index in [9.17, 15) is 0 Å². The van der Waals surface area contributed by atoms with Crippen LogP contribution in [0.3, 0.4) is 0 Å². The average molecular weight is 201 g/mol. The molecule has 0 aliphatic carbocycles. The van der Waals surface area contributed by atoms with Crippen molar-refractivity contribution < 1.29 is 0 Å². The fraction of sp³-hybridized carbons (Fsp3) is 0.429. The molecule has 0 unspecified atom stereocenters. The van der Waals surface area contributed by atoms with Gasteiger partial charge in [-0.3, -0.25) is 0 Å². The third kappa shape index (κ3) is 3.15. The van der Waals surface area contributed by atoms with E-state index in [1.807, 2.05) is 5.38 Å². The number of hydrogen-bond donors (Lipinski definition) is 2. The van der Waals surface area contributed by atoms with Gasteiger partial charge in [0, 0.05) is 18.1 Å². The lowest BCUT2D eigenvalue weighted by molar-refractivity contribution is 0.846. The first kappa shape index (κ1) is 9.41. The lowest BCUT2D eigenvalue weighted by Crippen LogP contribution is -2.28. The smallest absolute Gasteiger partial charge is 0.188 e.